The zero-order valence-corrected chi connectivity index (χ0v) is 13.9. The van der Waals surface area contributed by atoms with E-state index >= 15 is 0 Å². The summed E-state index contributed by atoms with van der Waals surface area (Å²) in [6.45, 7) is 2.52. The summed E-state index contributed by atoms with van der Waals surface area (Å²) in [5.74, 6) is -0.943. The second-order valence-electron chi connectivity index (χ2n) is 5.75. The summed E-state index contributed by atoms with van der Waals surface area (Å²) in [6, 6.07) is 10.4. The molecule has 0 radical (unpaired) electrons. The fourth-order valence-corrected chi connectivity index (χ4v) is 2.76. The summed E-state index contributed by atoms with van der Waals surface area (Å²) in [4.78, 5) is 29.4. The van der Waals surface area contributed by atoms with Crippen molar-refractivity contribution in [3.63, 3.8) is 0 Å². The number of hydrogen-bond acceptors (Lipinski definition) is 4. The summed E-state index contributed by atoms with van der Waals surface area (Å²) in [5.41, 5.74) is 0.334. The van der Waals surface area contributed by atoms with Crippen molar-refractivity contribution in [3.8, 4) is 5.75 Å². The Morgan fingerprint density at radius 1 is 1.24 bits per heavy atom. The van der Waals surface area contributed by atoms with E-state index in [4.69, 9.17) is 0 Å². The van der Waals surface area contributed by atoms with Gasteiger partial charge in [-0.3, -0.25) is 14.6 Å². The molecular formula is C19H19N3O3. The minimum Gasteiger partial charge on any atom is -0.506 e. The molecule has 0 unspecified atom stereocenters. The summed E-state index contributed by atoms with van der Waals surface area (Å²) < 4.78 is 1.55. The van der Waals surface area contributed by atoms with Gasteiger partial charge in [-0.25, -0.2) is 0 Å². The molecule has 128 valence electrons. The van der Waals surface area contributed by atoms with Crippen LogP contribution in [0.4, 0.5) is 5.69 Å². The van der Waals surface area contributed by atoms with Crippen molar-refractivity contribution in [2.75, 3.05) is 5.32 Å². The molecule has 3 aromatic rings. The Morgan fingerprint density at radius 2 is 2.04 bits per heavy atom. The monoisotopic (exact) mass is 337 g/mol. The summed E-state index contributed by atoms with van der Waals surface area (Å²) in [6.07, 6.45) is 4.78. The quantitative estimate of drug-likeness (QED) is 0.749. The molecule has 2 N–H and O–H groups in total. The van der Waals surface area contributed by atoms with Gasteiger partial charge in [0.05, 0.1) is 17.4 Å². The van der Waals surface area contributed by atoms with Gasteiger partial charge < -0.3 is 15.0 Å². The summed E-state index contributed by atoms with van der Waals surface area (Å²) in [7, 11) is 0. The van der Waals surface area contributed by atoms with E-state index in [1.807, 2.05) is 6.92 Å². The SMILES string of the molecule is CCCCn1c(=O)c(C(=O)Nc2cccnc2)c(O)c2ccccc21. The molecule has 0 spiro atoms. The van der Waals surface area contributed by atoms with E-state index in [2.05, 4.69) is 10.3 Å². The topological polar surface area (TPSA) is 84.2 Å². The molecule has 3 rings (SSSR count). The molecule has 0 saturated carbocycles. The van der Waals surface area contributed by atoms with Crippen LogP contribution in [-0.4, -0.2) is 20.6 Å². The molecule has 2 aromatic heterocycles. The number of nitrogens with zero attached hydrogens (tertiary/aromatic N) is 2. The number of para-hydroxylation sites is 1. The number of pyridine rings is 2. The molecule has 0 aliphatic carbocycles. The third kappa shape index (κ3) is 3.24. The molecule has 0 aliphatic rings. The van der Waals surface area contributed by atoms with E-state index in [1.165, 1.54) is 6.20 Å². The van der Waals surface area contributed by atoms with Crippen LogP contribution in [0.25, 0.3) is 10.9 Å². The average Bonchev–Trinajstić information content (AvgIpc) is 2.62. The molecule has 25 heavy (non-hydrogen) atoms. The Hall–Kier alpha value is -3.15. The van der Waals surface area contributed by atoms with Crippen LogP contribution in [0.3, 0.4) is 0 Å². The van der Waals surface area contributed by atoms with Crippen molar-refractivity contribution >= 4 is 22.5 Å². The molecule has 0 aliphatic heterocycles. The van der Waals surface area contributed by atoms with E-state index < -0.39 is 11.5 Å². The standard InChI is InChI=1S/C19H19N3O3/c1-2-3-11-22-15-9-5-4-8-14(15)17(23)16(19(22)25)18(24)21-13-7-6-10-20-12-13/h4-10,12,23H,2-3,11H2,1H3,(H,21,24). The van der Waals surface area contributed by atoms with Gasteiger partial charge in [-0.15, -0.1) is 0 Å². The first-order chi connectivity index (χ1) is 12.1. The summed E-state index contributed by atoms with van der Waals surface area (Å²) in [5, 5.41) is 13.6. The number of rotatable bonds is 5. The Labute approximate surface area is 144 Å². The van der Waals surface area contributed by atoms with Gasteiger partial charge in [0.2, 0.25) is 0 Å². The van der Waals surface area contributed by atoms with Gasteiger partial charge in [0, 0.05) is 18.1 Å². The molecule has 0 saturated heterocycles. The maximum Gasteiger partial charge on any atom is 0.267 e. The minimum atomic E-state index is -0.647. The normalized spacial score (nSPS) is 10.8. The van der Waals surface area contributed by atoms with Crippen molar-refractivity contribution < 1.29 is 9.90 Å². The number of aromatic hydroxyl groups is 1. The predicted molar refractivity (Wildman–Crippen MR) is 97.0 cm³/mol. The molecule has 2 heterocycles. The smallest absolute Gasteiger partial charge is 0.267 e. The minimum absolute atomic E-state index is 0.251. The van der Waals surface area contributed by atoms with E-state index in [0.717, 1.165) is 12.8 Å². The molecule has 1 aromatic carbocycles. The summed E-state index contributed by atoms with van der Waals surface area (Å²) >= 11 is 0. The lowest BCUT2D eigenvalue weighted by Gasteiger charge is -2.14. The number of fused-ring (bicyclic) bond motifs is 1. The van der Waals surface area contributed by atoms with E-state index in [9.17, 15) is 14.7 Å². The van der Waals surface area contributed by atoms with Crippen molar-refractivity contribution in [2.45, 2.75) is 26.3 Å². The van der Waals surface area contributed by atoms with Crippen LogP contribution in [0.1, 0.15) is 30.1 Å². The molecule has 6 nitrogen and oxygen atoms in total. The van der Waals surface area contributed by atoms with Crippen molar-refractivity contribution in [3.05, 3.63) is 64.7 Å². The number of aromatic nitrogens is 2. The third-order valence-corrected chi connectivity index (χ3v) is 4.03. The van der Waals surface area contributed by atoms with Gasteiger partial charge >= 0.3 is 0 Å². The van der Waals surface area contributed by atoms with Gasteiger partial charge in [-0.05, 0) is 30.7 Å². The van der Waals surface area contributed by atoms with Gasteiger partial charge in [-0.1, -0.05) is 25.5 Å². The van der Waals surface area contributed by atoms with Crippen molar-refractivity contribution in [1.29, 1.82) is 0 Å². The lowest BCUT2D eigenvalue weighted by atomic mass is 10.1. The number of carbonyl (C=O) groups is 1. The van der Waals surface area contributed by atoms with Crippen molar-refractivity contribution in [2.24, 2.45) is 0 Å². The number of nitrogens with one attached hydrogen (secondary N) is 1. The molecule has 0 atom stereocenters. The highest BCUT2D eigenvalue weighted by Gasteiger charge is 2.22. The average molecular weight is 337 g/mol. The zero-order chi connectivity index (χ0) is 17.8. The number of amides is 1. The molecule has 1 amide bonds. The van der Waals surface area contributed by atoms with E-state index in [1.54, 1.807) is 47.2 Å². The van der Waals surface area contributed by atoms with Crippen LogP contribution >= 0.6 is 0 Å². The Balaban J connectivity index is 2.14. The van der Waals surface area contributed by atoms with Crippen LogP contribution in [0.5, 0.6) is 5.75 Å². The molecule has 6 heteroatoms. The second-order valence-corrected chi connectivity index (χ2v) is 5.75. The largest absolute Gasteiger partial charge is 0.506 e. The van der Waals surface area contributed by atoms with Gasteiger partial charge in [-0.2, -0.15) is 0 Å². The Kier molecular flexibility index (Phi) is 4.79. The predicted octanol–water partition coefficient (Wildman–Crippen LogP) is 3.15. The third-order valence-electron chi connectivity index (χ3n) is 4.03. The van der Waals surface area contributed by atoms with Gasteiger partial charge in [0.15, 0.2) is 0 Å². The van der Waals surface area contributed by atoms with Crippen LogP contribution in [-0.2, 0) is 6.54 Å². The van der Waals surface area contributed by atoms with Crippen LogP contribution < -0.4 is 10.9 Å². The van der Waals surface area contributed by atoms with Gasteiger partial charge in [0.1, 0.15) is 11.3 Å². The number of unbranched alkanes of at least 4 members (excludes halogenated alkanes) is 1. The molecule has 0 fully saturated rings. The van der Waals surface area contributed by atoms with E-state index in [-0.39, 0.29) is 11.3 Å². The first kappa shape index (κ1) is 16.7. The van der Waals surface area contributed by atoms with Crippen LogP contribution in [0.2, 0.25) is 0 Å². The lowest BCUT2D eigenvalue weighted by Crippen LogP contribution is -2.30. The fraction of sp³-hybridized carbons (Fsp3) is 0.211. The first-order valence-corrected chi connectivity index (χ1v) is 8.19. The van der Waals surface area contributed by atoms with Crippen LogP contribution in [0.15, 0.2) is 53.6 Å². The van der Waals surface area contributed by atoms with Crippen molar-refractivity contribution in [1.82, 2.24) is 9.55 Å². The van der Waals surface area contributed by atoms with Gasteiger partial charge in [0.25, 0.3) is 11.5 Å². The molecular weight excluding hydrogens is 318 g/mol. The first-order valence-electron chi connectivity index (χ1n) is 8.19. The fourth-order valence-electron chi connectivity index (χ4n) is 2.76. The van der Waals surface area contributed by atoms with E-state index in [0.29, 0.717) is 23.1 Å². The lowest BCUT2D eigenvalue weighted by molar-refractivity contribution is 0.102. The number of aryl methyl sites for hydroxylation is 1. The highest BCUT2D eigenvalue weighted by molar-refractivity contribution is 6.09. The Morgan fingerprint density at radius 3 is 2.76 bits per heavy atom. The Bertz CT molecular complexity index is 965. The molecule has 0 bridgehead atoms. The number of benzene rings is 1. The number of anilines is 1. The number of hydrogen-bond donors (Lipinski definition) is 2. The number of carbonyl (C=O) groups excluding carboxylic acids is 1. The zero-order valence-electron chi connectivity index (χ0n) is 13.9. The van der Waals surface area contributed by atoms with Crippen LogP contribution in [0, 0.1) is 0 Å². The highest BCUT2D eigenvalue weighted by atomic mass is 16.3. The maximum absolute atomic E-state index is 12.9. The second kappa shape index (κ2) is 7.17. The maximum atomic E-state index is 12.9. The highest BCUT2D eigenvalue weighted by Crippen LogP contribution is 2.27.